The number of rotatable bonds is 6. The van der Waals surface area contributed by atoms with E-state index in [1.807, 2.05) is 0 Å². The van der Waals surface area contributed by atoms with Gasteiger partial charge in [-0.3, -0.25) is 0 Å². The first-order valence-corrected chi connectivity index (χ1v) is 7.99. The maximum absolute atomic E-state index is 5.89. The zero-order chi connectivity index (χ0) is 12.6. The standard InChI is InChI=1S/C16H29NO/c1-12(2)10-17-11-16(7-13-6-14(13)8-16)9-15-4-3-5-18-15/h12-15,17H,3-11H2,1-2H3. The molecule has 0 aromatic heterocycles. The molecule has 3 rings (SSSR count). The largest absolute Gasteiger partial charge is 0.378 e. The van der Waals surface area contributed by atoms with E-state index in [1.54, 1.807) is 0 Å². The van der Waals surface area contributed by atoms with Gasteiger partial charge in [-0.1, -0.05) is 13.8 Å². The van der Waals surface area contributed by atoms with Gasteiger partial charge in [0.25, 0.3) is 0 Å². The molecule has 3 unspecified atom stereocenters. The molecule has 1 aliphatic heterocycles. The highest BCUT2D eigenvalue weighted by Crippen LogP contribution is 2.61. The first-order chi connectivity index (χ1) is 8.67. The lowest BCUT2D eigenvalue weighted by atomic mass is 9.77. The van der Waals surface area contributed by atoms with Gasteiger partial charge in [0.2, 0.25) is 0 Å². The van der Waals surface area contributed by atoms with Crippen LogP contribution in [0.5, 0.6) is 0 Å². The third-order valence-corrected chi connectivity index (χ3v) is 5.20. The van der Waals surface area contributed by atoms with E-state index in [9.17, 15) is 0 Å². The Hall–Kier alpha value is -0.0800. The Morgan fingerprint density at radius 3 is 2.67 bits per heavy atom. The van der Waals surface area contributed by atoms with E-state index in [0.29, 0.717) is 11.5 Å². The number of nitrogens with one attached hydrogen (secondary N) is 1. The predicted octanol–water partition coefficient (Wildman–Crippen LogP) is 3.22. The summed E-state index contributed by atoms with van der Waals surface area (Å²) in [6.07, 6.45) is 8.96. The highest BCUT2D eigenvalue weighted by molar-refractivity contribution is 5.05. The molecule has 3 fully saturated rings. The van der Waals surface area contributed by atoms with Gasteiger partial charge in [0.1, 0.15) is 0 Å². The Morgan fingerprint density at radius 1 is 1.28 bits per heavy atom. The topological polar surface area (TPSA) is 21.3 Å². The average molecular weight is 251 g/mol. The Balaban J connectivity index is 1.54. The first kappa shape index (κ1) is 12.9. The molecule has 0 amide bonds. The fourth-order valence-corrected chi connectivity index (χ4v) is 4.30. The molecule has 1 saturated heterocycles. The Kier molecular flexibility index (Phi) is 3.68. The second kappa shape index (κ2) is 5.13. The van der Waals surface area contributed by atoms with Crippen LogP contribution >= 0.6 is 0 Å². The molecular weight excluding hydrogens is 222 g/mol. The number of hydrogen-bond acceptors (Lipinski definition) is 2. The van der Waals surface area contributed by atoms with Crippen molar-refractivity contribution in [3.8, 4) is 0 Å². The van der Waals surface area contributed by atoms with Crippen LogP contribution in [0.15, 0.2) is 0 Å². The fourth-order valence-electron chi connectivity index (χ4n) is 4.30. The molecule has 18 heavy (non-hydrogen) atoms. The van der Waals surface area contributed by atoms with E-state index in [-0.39, 0.29) is 0 Å². The van der Waals surface area contributed by atoms with E-state index in [1.165, 1.54) is 51.6 Å². The predicted molar refractivity (Wildman–Crippen MR) is 74.6 cm³/mol. The van der Waals surface area contributed by atoms with E-state index < -0.39 is 0 Å². The van der Waals surface area contributed by atoms with Crippen LogP contribution in [0.1, 0.15) is 52.4 Å². The van der Waals surface area contributed by atoms with E-state index in [4.69, 9.17) is 4.74 Å². The zero-order valence-electron chi connectivity index (χ0n) is 12.1. The molecule has 3 aliphatic rings. The number of fused-ring (bicyclic) bond motifs is 1. The SMILES string of the molecule is CC(C)CNCC1(CC2CCCO2)CC2CC2C1. The van der Waals surface area contributed by atoms with Crippen LogP contribution < -0.4 is 5.32 Å². The molecular formula is C16H29NO. The van der Waals surface area contributed by atoms with Gasteiger partial charge in [-0.05, 0) is 68.2 Å². The van der Waals surface area contributed by atoms with Crippen LogP contribution in [0, 0.1) is 23.2 Å². The minimum atomic E-state index is 0.573. The van der Waals surface area contributed by atoms with E-state index in [0.717, 1.165) is 24.4 Å². The quantitative estimate of drug-likeness (QED) is 0.782. The molecule has 104 valence electrons. The monoisotopic (exact) mass is 251 g/mol. The van der Waals surface area contributed by atoms with Gasteiger partial charge < -0.3 is 10.1 Å². The van der Waals surface area contributed by atoms with Gasteiger partial charge in [-0.15, -0.1) is 0 Å². The summed E-state index contributed by atoms with van der Waals surface area (Å²) < 4.78 is 5.89. The molecule has 1 heterocycles. The summed E-state index contributed by atoms with van der Waals surface area (Å²) >= 11 is 0. The minimum Gasteiger partial charge on any atom is -0.378 e. The van der Waals surface area contributed by atoms with Crippen LogP contribution in [-0.4, -0.2) is 25.8 Å². The number of hydrogen-bond donors (Lipinski definition) is 1. The van der Waals surface area contributed by atoms with Crippen LogP contribution in [-0.2, 0) is 4.74 Å². The second-order valence-electron chi connectivity index (χ2n) is 7.53. The van der Waals surface area contributed by atoms with Gasteiger partial charge >= 0.3 is 0 Å². The van der Waals surface area contributed by atoms with Crippen LogP contribution in [0.2, 0.25) is 0 Å². The lowest BCUT2D eigenvalue weighted by molar-refractivity contribution is 0.0568. The Labute approximate surface area is 112 Å². The highest BCUT2D eigenvalue weighted by Gasteiger charge is 2.54. The smallest absolute Gasteiger partial charge is 0.0581 e. The number of ether oxygens (including phenoxy) is 1. The fraction of sp³-hybridized carbons (Fsp3) is 1.00. The van der Waals surface area contributed by atoms with Gasteiger partial charge in [-0.25, -0.2) is 0 Å². The van der Waals surface area contributed by atoms with Gasteiger partial charge in [0.05, 0.1) is 6.10 Å². The van der Waals surface area contributed by atoms with E-state index >= 15 is 0 Å². The Morgan fingerprint density at radius 2 is 2.06 bits per heavy atom. The molecule has 0 spiro atoms. The van der Waals surface area contributed by atoms with Crippen molar-refractivity contribution < 1.29 is 4.74 Å². The summed E-state index contributed by atoms with van der Waals surface area (Å²) in [5.74, 6) is 2.92. The maximum atomic E-state index is 5.89. The average Bonchev–Trinajstić information content (AvgIpc) is 2.76. The summed E-state index contributed by atoms with van der Waals surface area (Å²) in [6, 6.07) is 0. The summed E-state index contributed by atoms with van der Waals surface area (Å²) in [5, 5.41) is 3.73. The van der Waals surface area contributed by atoms with Crippen molar-refractivity contribution in [3.05, 3.63) is 0 Å². The van der Waals surface area contributed by atoms with E-state index in [2.05, 4.69) is 19.2 Å². The summed E-state index contributed by atoms with van der Waals surface area (Å²) in [4.78, 5) is 0. The zero-order valence-corrected chi connectivity index (χ0v) is 12.1. The van der Waals surface area contributed by atoms with Crippen LogP contribution in [0.3, 0.4) is 0 Å². The van der Waals surface area contributed by atoms with Gasteiger partial charge in [0.15, 0.2) is 0 Å². The first-order valence-electron chi connectivity index (χ1n) is 7.99. The minimum absolute atomic E-state index is 0.573. The van der Waals surface area contributed by atoms with Crippen LogP contribution in [0.4, 0.5) is 0 Å². The van der Waals surface area contributed by atoms with Gasteiger partial charge in [-0.2, -0.15) is 0 Å². The summed E-state index contributed by atoms with van der Waals surface area (Å²) in [7, 11) is 0. The van der Waals surface area contributed by atoms with Crippen molar-refractivity contribution in [2.24, 2.45) is 23.2 Å². The molecule has 2 saturated carbocycles. The molecule has 0 aromatic rings. The molecule has 2 heteroatoms. The molecule has 3 atom stereocenters. The van der Waals surface area contributed by atoms with Crippen molar-refractivity contribution in [3.63, 3.8) is 0 Å². The van der Waals surface area contributed by atoms with Crippen molar-refractivity contribution in [1.82, 2.24) is 5.32 Å². The lowest BCUT2D eigenvalue weighted by Crippen LogP contribution is -2.37. The molecule has 2 aliphatic carbocycles. The van der Waals surface area contributed by atoms with Crippen molar-refractivity contribution in [2.75, 3.05) is 19.7 Å². The van der Waals surface area contributed by atoms with Crippen molar-refractivity contribution in [1.29, 1.82) is 0 Å². The summed E-state index contributed by atoms with van der Waals surface area (Å²) in [5.41, 5.74) is 0.581. The molecule has 2 nitrogen and oxygen atoms in total. The lowest BCUT2D eigenvalue weighted by Gasteiger charge is -2.34. The van der Waals surface area contributed by atoms with Gasteiger partial charge in [0, 0.05) is 13.2 Å². The molecule has 1 N–H and O–H groups in total. The van der Waals surface area contributed by atoms with Crippen molar-refractivity contribution in [2.45, 2.75) is 58.5 Å². The third-order valence-electron chi connectivity index (χ3n) is 5.20. The molecule has 0 radical (unpaired) electrons. The highest BCUT2D eigenvalue weighted by atomic mass is 16.5. The third kappa shape index (κ3) is 2.91. The summed E-state index contributed by atoms with van der Waals surface area (Å²) in [6.45, 7) is 8.01. The molecule has 0 bridgehead atoms. The Bertz CT molecular complexity index is 273. The normalized spacial score (nSPS) is 42.5. The second-order valence-corrected chi connectivity index (χ2v) is 7.53. The molecule has 0 aromatic carbocycles. The van der Waals surface area contributed by atoms with Crippen molar-refractivity contribution >= 4 is 0 Å². The van der Waals surface area contributed by atoms with Crippen LogP contribution in [0.25, 0.3) is 0 Å². The maximum Gasteiger partial charge on any atom is 0.0581 e.